The fourth-order valence-electron chi connectivity index (χ4n) is 1.96. The molecule has 1 heterocycles. The Labute approximate surface area is 112 Å². The Morgan fingerprint density at radius 2 is 2.11 bits per heavy atom. The van der Waals surface area contributed by atoms with Gasteiger partial charge in [-0.3, -0.25) is 4.98 Å². The highest BCUT2D eigenvalue weighted by atomic mass is 35.5. The molecule has 0 aliphatic rings. The molecule has 0 radical (unpaired) electrons. The van der Waals surface area contributed by atoms with E-state index in [1.165, 1.54) is 5.56 Å². The van der Waals surface area contributed by atoms with Crippen LogP contribution < -0.4 is 11.1 Å². The second-order valence-electron chi connectivity index (χ2n) is 4.28. The summed E-state index contributed by atoms with van der Waals surface area (Å²) in [6.45, 7) is 2.55. The van der Waals surface area contributed by atoms with Crippen LogP contribution in [-0.4, -0.2) is 18.1 Å². The van der Waals surface area contributed by atoms with Gasteiger partial charge in [0.15, 0.2) is 0 Å². The van der Waals surface area contributed by atoms with Gasteiger partial charge in [-0.05, 0) is 49.7 Å². The minimum Gasteiger partial charge on any atom is -0.330 e. The third-order valence-electron chi connectivity index (χ3n) is 2.92. The van der Waals surface area contributed by atoms with Gasteiger partial charge in [0.1, 0.15) is 0 Å². The van der Waals surface area contributed by atoms with Gasteiger partial charge >= 0.3 is 0 Å². The van der Waals surface area contributed by atoms with Gasteiger partial charge in [0.2, 0.25) is 0 Å². The Morgan fingerprint density at radius 3 is 2.94 bits per heavy atom. The quantitative estimate of drug-likeness (QED) is 0.788. The second kappa shape index (κ2) is 6.69. The van der Waals surface area contributed by atoms with Crippen LogP contribution >= 0.6 is 11.6 Å². The summed E-state index contributed by atoms with van der Waals surface area (Å²) in [6.07, 6.45) is 3.97. The van der Waals surface area contributed by atoms with Gasteiger partial charge in [0.05, 0.1) is 5.52 Å². The highest BCUT2D eigenvalue weighted by Crippen LogP contribution is 2.24. The third kappa shape index (κ3) is 3.19. The maximum absolute atomic E-state index is 6.16. The standard InChI is InChI=1S/C14H18ClN3/c15-13-6-5-11(10-17-8-2-1-7-16)14-12(13)4-3-9-18-14/h3-6,9,17H,1-2,7-8,10,16H2. The van der Waals surface area contributed by atoms with Crippen molar-refractivity contribution in [1.29, 1.82) is 0 Å². The van der Waals surface area contributed by atoms with Crippen molar-refractivity contribution in [3.05, 3.63) is 41.0 Å². The molecule has 0 aliphatic heterocycles. The predicted molar refractivity (Wildman–Crippen MR) is 76.7 cm³/mol. The first-order chi connectivity index (χ1) is 8.83. The molecule has 4 heteroatoms. The third-order valence-corrected chi connectivity index (χ3v) is 3.25. The average molecular weight is 264 g/mol. The van der Waals surface area contributed by atoms with Crippen LogP contribution in [0.3, 0.4) is 0 Å². The Balaban J connectivity index is 2.07. The SMILES string of the molecule is NCCCCNCc1ccc(Cl)c2cccnc12. The summed E-state index contributed by atoms with van der Waals surface area (Å²) in [6, 6.07) is 7.88. The number of unbranched alkanes of at least 4 members (excludes halogenated alkanes) is 1. The first-order valence-electron chi connectivity index (χ1n) is 6.26. The van der Waals surface area contributed by atoms with Crippen molar-refractivity contribution in [2.45, 2.75) is 19.4 Å². The van der Waals surface area contributed by atoms with Crippen LogP contribution in [0.2, 0.25) is 5.02 Å². The minimum atomic E-state index is 0.755. The molecule has 1 aromatic carbocycles. The summed E-state index contributed by atoms with van der Waals surface area (Å²) in [4.78, 5) is 4.41. The number of nitrogens with one attached hydrogen (secondary N) is 1. The van der Waals surface area contributed by atoms with Crippen LogP contribution in [0, 0.1) is 0 Å². The van der Waals surface area contributed by atoms with Gasteiger partial charge in [-0.25, -0.2) is 0 Å². The highest BCUT2D eigenvalue weighted by Gasteiger charge is 2.04. The summed E-state index contributed by atoms with van der Waals surface area (Å²) >= 11 is 6.16. The number of benzene rings is 1. The van der Waals surface area contributed by atoms with Crippen molar-refractivity contribution in [2.75, 3.05) is 13.1 Å². The lowest BCUT2D eigenvalue weighted by molar-refractivity contribution is 0.629. The number of nitrogens with zero attached hydrogens (tertiary/aromatic N) is 1. The van der Waals surface area contributed by atoms with E-state index in [4.69, 9.17) is 17.3 Å². The summed E-state index contributed by atoms with van der Waals surface area (Å²) < 4.78 is 0. The summed E-state index contributed by atoms with van der Waals surface area (Å²) in [5.74, 6) is 0. The maximum Gasteiger partial charge on any atom is 0.0761 e. The molecule has 3 nitrogen and oxygen atoms in total. The van der Waals surface area contributed by atoms with Crippen LogP contribution in [-0.2, 0) is 6.54 Å². The number of hydrogen-bond acceptors (Lipinski definition) is 3. The van der Waals surface area contributed by atoms with E-state index < -0.39 is 0 Å². The molecule has 18 heavy (non-hydrogen) atoms. The molecule has 0 atom stereocenters. The van der Waals surface area contributed by atoms with E-state index in [1.807, 2.05) is 24.3 Å². The van der Waals surface area contributed by atoms with Gasteiger partial charge in [-0.1, -0.05) is 17.7 Å². The van der Waals surface area contributed by atoms with Crippen molar-refractivity contribution in [1.82, 2.24) is 10.3 Å². The van der Waals surface area contributed by atoms with E-state index in [9.17, 15) is 0 Å². The van der Waals surface area contributed by atoms with Crippen LogP contribution in [0.5, 0.6) is 0 Å². The summed E-state index contributed by atoms with van der Waals surface area (Å²) in [7, 11) is 0. The van der Waals surface area contributed by atoms with Gasteiger partial charge in [0.25, 0.3) is 0 Å². The number of halogens is 1. The maximum atomic E-state index is 6.16. The number of nitrogens with two attached hydrogens (primary N) is 1. The molecule has 0 saturated carbocycles. The Bertz CT molecular complexity index is 513. The Morgan fingerprint density at radius 1 is 1.22 bits per heavy atom. The van der Waals surface area contributed by atoms with E-state index in [0.29, 0.717) is 0 Å². The molecule has 0 bridgehead atoms. The zero-order valence-electron chi connectivity index (χ0n) is 10.3. The largest absolute Gasteiger partial charge is 0.330 e. The highest BCUT2D eigenvalue weighted by molar-refractivity contribution is 6.35. The number of fused-ring (bicyclic) bond motifs is 1. The molecule has 0 saturated heterocycles. The van der Waals surface area contributed by atoms with Gasteiger partial charge < -0.3 is 11.1 Å². The Kier molecular flexibility index (Phi) is 4.93. The topological polar surface area (TPSA) is 50.9 Å². The molecule has 3 N–H and O–H groups in total. The molecule has 0 unspecified atom stereocenters. The average Bonchev–Trinajstić information content (AvgIpc) is 2.41. The molecule has 0 aliphatic carbocycles. The zero-order valence-corrected chi connectivity index (χ0v) is 11.1. The fraction of sp³-hybridized carbons (Fsp3) is 0.357. The Hall–Kier alpha value is -1.16. The van der Waals surface area contributed by atoms with Crippen molar-refractivity contribution < 1.29 is 0 Å². The lowest BCUT2D eigenvalue weighted by Crippen LogP contribution is -2.16. The molecule has 2 rings (SSSR count). The van der Waals surface area contributed by atoms with Crippen LogP contribution in [0.1, 0.15) is 18.4 Å². The fourth-order valence-corrected chi connectivity index (χ4v) is 2.17. The number of pyridine rings is 1. The summed E-state index contributed by atoms with van der Waals surface area (Å²) in [5.41, 5.74) is 7.63. The minimum absolute atomic E-state index is 0.755. The second-order valence-corrected chi connectivity index (χ2v) is 4.69. The normalized spacial score (nSPS) is 11.0. The van der Waals surface area contributed by atoms with Gasteiger partial charge in [-0.15, -0.1) is 0 Å². The van der Waals surface area contributed by atoms with Crippen molar-refractivity contribution in [3.63, 3.8) is 0 Å². The smallest absolute Gasteiger partial charge is 0.0761 e. The van der Waals surface area contributed by atoms with E-state index in [0.717, 1.165) is 48.4 Å². The molecular weight excluding hydrogens is 246 g/mol. The van der Waals surface area contributed by atoms with Crippen molar-refractivity contribution >= 4 is 22.5 Å². The van der Waals surface area contributed by atoms with Crippen LogP contribution in [0.15, 0.2) is 30.5 Å². The first kappa shape index (κ1) is 13.3. The molecule has 0 fully saturated rings. The van der Waals surface area contributed by atoms with Crippen LogP contribution in [0.4, 0.5) is 0 Å². The van der Waals surface area contributed by atoms with Gasteiger partial charge in [-0.2, -0.15) is 0 Å². The molecule has 2 aromatic rings. The predicted octanol–water partition coefficient (Wildman–Crippen LogP) is 2.72. The molecule has 0 amide bonds. The van der Waals surface area contributed by atoms with Crippen LogP contribution in [0.25, 0.3) is 10.9 Å². The first-order valence-corrected chi connectivity index (χ1v) is 6.63. The van der Waals surface area contributed by atoms with Gasteiger partial charge in [0, 0.05) is 23.2 Å². The van der Waals surface area contributed by atoms with E-state index in [-0.39, 0.29) is 0 Å². The molecular formula is C14H18ClN3. The van der Waals surface area contributed by atoms with Crippen molar-refractivity contribution in [2.24, 2.45) is 5.73 Å². The number of rotatable bonds is 6. The van der Waals surface area contributed by atoms with E-state index in [1.54, 1.807) is 6.20 Å². The lowest BCUT2D eigenvalue weighted by atomic mass is 10.1. The zero-order chi connectivity index (χ0) is 12.8. The lowest BCUT2D eigenvalue weighted by Gasteiger charge is -2.08. The molecule has 0 spiro atoms. The monoisotopic (exact) mass is 263 g/mol. The molecule has 1 aromatic heterocycles. The van der Waals surface area contributed by atoms with Crippen molar-refractivity contribution in [3.8, 4) is 0 Å². The number of aromatic nitrogens is 1. The molecule has 96 valence electrons. The summed E-state index contributed by atoms with van der Waals surface area (Å²) in [5, 5.41) is 5.18. The number of hydrogen-bond donors (Lipinski definition) is 2. The van der Waals surface area contributed by atoms with E-state index in [2.05, 4.69) is 10.3 Å². The van der Waals surface area contributed by atoms with E-state index >= 15 is 0 Å².